The van der Waals surface area contributed by atoms with Crippen LogP contribution in [0.3, 0.4) is 0 Å². The summed E-state index contributed by atoms with van der Waals surface area (Å²) in [5.41, 5.74) is 7.69. The van der Waals surface area contributed by atoms with E-state index >= 15 is 0 Å². The lowest BCUT2D eigenvalue weighted by molar-refractivity contribution is -0.142. The van der Waals surface area contributed by atoms with Crippen LogP contribution in [0, 0.1) is 25.2 Å². The van der Waals surface area contributed by atoms with Gasteiger partial charge in [0, 0.05) is 25.0 Å². The van der Waals surface area contributed by atoms with Gasteiger partial charge in [0.15, 0.2) is 6.61 Å². The number of aromatic nitrogens is 1. The highest BCUT2D eigenvalue weighted by Gasteiger charge is 2.17. The summed E-state index contributed by atoms with van der Waals surface area (Å²) in [4.78, 5) is 35.5. The second-order valence-electron chi connectivity index (χ2n) is 6.29. The number of thiophene rings is 1. The van der Waals surface area contributed by atoms with Crippen molar-refractivity contribution in [2.75, 3.05) is 25.6 Å². The van der Waals surface area contributed by atoms with Crippen molar-refractivity contribution in [3.63, 3.8) is 0 Å². The van der Waals surface area contributed by atoms with Gasteiger partial charge < -0.3 is 25.1 Å². The van der Waals surface area contributed by atoms with Crippen molar-refractivity contribution in [1.29, 1.82) is 5.26 Å². The zero-order valence-electron chi connectivity index (χ0n) is 16.9. The van der Waals surface area contributed by atoms with Crippen molar-refractivity contribution in [3.8, 4) is 6.07 Å². The number of anilines is 1. The molecule has 30 heavy (non-hydrogen) atoms. The molecule has 10 heteroatoms. The Labute approximate surface area is 177 Å². The molecule has 0 unspecified atom stereocenters. The van der Waals surface area contributed by atoms with Crippen molar-refractivity contribution in [2.24, 2.45) is 5.73 Å². The van der Waals surface area contributed by atoms with Crippen molar-refractivity contribution in [1.82, 2.24) is 4.57 Å². The Kier molecular flexibility index (Phi) is 7.91. The molecule has 2 aromatic rings. The number of hydrogen-bond donors (Lipinski definition) is 2. The van der Waals surface area contributed by atoms with E-state index in [4.69, 9.17) is 15.2 Å². The standard InChI is InChI=1S/C20H22N4O5S/c1-12-8-14(13(2)24(12)5-6-28-3)9-15(10-21)20(27)29-11-17(25)23-19-16(18(22)26)4-7-30-19/h4,7-9H,5-6,11H2,1-3H3,(H2,22,26)(H,23,25). The first-order valence-electron chi connectivity index (χ1n) is 8.90. The van der Waals surface area contributed by atoms with Crippen molar-refractivity contribution >= 4 is 40.2 Å². The number of carbonyl (C=O) groups excluding carboxylic acids is 3. The van der Waals surface area contributed by atoms with Gasteiger partial charge in [-0.2, -0.15) is 5.26 Å². The van der Waals surface area contributed by atoms with Crippen LogP contribution in [0.15, 0.2) is 23.1 Å². The van der Waals surface area contributed by atoms with E-state index in [1.54, 1.807) is 18.6 Å². The maximum absolute atomic E-state index is 12.2. The summed E-state index contributed by atoms with van der Waals surface area (Å²) in [6, 6.07) is 5.14. The molecule has 0 saturated carbocycles. The van der Waals surface area contributed by atoms with Gasteiger partial charge in [-0.05, 0) is 43.0 Å². The Morgan fingerprint density at radius 3 is 2.73 bits per heavy atom. The molecule has 0 aliphatic heterocycles. The summed E-state index contributed by atoms with van der Waals surface area (Å²) in [6.45, 7) is 4.36. The first kappa shape index (κ1) is 22.9. The van der Waals surface area contributed by atoms with E-state index < -0.39 is 24.4 Å². The van der Waals surface area contributed by atoms with Gasteiger partial charge >= 0.3 is 5.97 Å². The third kappa shape index (κ3) is 5.56. The molecule has 9 nitrogen and oxygen atoms in total. The van der Waals surface area contributed by atoms with E-state index in [1.165, 1.54) is 12.1 Å². The Morgan fingerprint density at radius 1 is 1.37 bits per heavy atom. The molecule has 0 spiro atoms. The molecular formula is C20H22N4O5S. The van der Waals surface area contributed by atoms with Gasteiger partial charge in [0.1, 0.15) is 16.6 Å². The second kappa shape index (κ2) is 10.4. The Balaban J connectivity index is 2.04. The minimum absolute atomic E-state index is 0.168. The number of ether oxygens (including phenoxy) is 2. The van der Waals surface area contributed by atoms with Crippen molar-refractivity contribution < 1.29 is 23.9 Å². The molecule has 158 valence electrons. The van der Waals surface area contributed by atoms with Crippen LogP contribution >= 0.6 is 11.3 Å². The molecular weight excluding hydrogens is 408 g/mol. The van der Waals surface area contributed by atoms with Crippen LogP contribution in [-0.4, -0.2) is 42.7 Å². The fourth-order valence-electron chi connectivity index (χ4n) is 2.76. The van der Waals surface area contributed by atoms with Crippen LogP contribution in [0.25, 0.3) is 6.08 Å². The zero-order valence-corrected chi connectivity index (χ0v) is 17.7. The van der Waals surface area contributed by atoms with Gasteiger partial charge in [-0.25, -0.2) is 4.79 Å². The third-order valence-electron chi connectivity index (χ3n) is 4.29. The number of hydrogen-bond acceptors (Lipinski definition) is 7. The number of nitrogens with one attached hydrogen (secondary N) is 1. The number of nitrogens with zero attached hydrogens (tertiary/aromatic N) is 2. The highest BCUT2D eigenvalue weighted by Crippen LogP contribution is 2.22. The number of amides is 2. The third-order valence-corrected chi connectivity index (χ3v) is 5.12. The van der Waals surface area contributed by atoms with E-state index in [-0.39, 0.29) is 16.1 Å². The number of primary amides is 1. The fourth-order valence-corrected chi connectivity index (χ4v) is 3.57. The van der Waals surface area contributed by atoms with Crippen LogP contribution in [0.1, 0.15) is 27.3 Å². The summed E-state index contributed by atoms with van der Waals surface area (Å²) in [6.07, 6.45) is 1.43. The van der Waals surface area contributed by atoms with E-state index in [1.807, 2.05) is 24.5 Å². The molecule has 2 amide bonds. The molecule has 2 heterocycles. The van der Waals surface area contributed by atoms with Crippen LogP contribution in [0.5, 0.6) is 0 Å². The first-order valence-corrected chi connectivity index (χ1v) is 9.78. The summed E-state index contributed by atoms with van der Waals surface area (Å²) in [5.74, 6) is -2.25. The highest BCUT2D eigenvalue weighted by atomic mass is 32.1. The zero-order chi connectivity index (χ0) is 22.3. The lowest BCUT2D eigenvalue weighted by atomic mass is 10.1. The molecule has 0 aliphatic carbocycles. The number of methoxy groups -OCH3 is 1. The fraction of sp³-hybridized carbons (Fsp3) is 0.300. The lowest BCUT2D eigenvalue weighted by Crippen LogP contribution is -2.22. The van der Waals surface area contributed by atoms with Gasteiger partial charge in [-0.3, -0.25) is 9.59 Å². The van der Waals surface area contributed by atoms with Gasteiger partial charge in [0.2, 0.25) is 0 Å². The minimum atomic E-state index is -0.921. The monoisotopic (exact) mass is 430 g/mol. The smallest absolute Gasteiger partial charge is 0.349 e. The van der Waals surface area contributed by atoms with Crippen LogP contribution < -0.4 is 11.1 Å². The lowest BCUT2D eigenvalue weighted by Gasteiger charge is -2.08. The molecule has 3 N–H and O–H groups in total. The average molecular weight is 430 g/mol. The molecule has 0 saturated heterocycles. The van der Waals surface area contributed by atoms with E-state index in [2.05, 4.69) is 5.32 Å². The van der Waals surface area contributed by atoms with Gasteiger partial charge in [-0.15, -0.1) is 11.3 Å². The quantitative estimate of drug-likeness (QED) is 0.355. The number of carbonyl (C=O) groups is 3. The Hall–Kier alpha value is -3.42. The van der Waals surface area contributed by atoms with Crippen LogP contribution in [0.4, 0.5) is 5.00 Å². The Morgan fingerprint density at radius 2 is 2.10 bits per heavy atom. The van der Waals surface area contributed by atoms with E-state index in [9.17, 15) is 19.6 Å². The van der Waals surface area contributed by atoms with Crippen LogP contribution in [-0.2, 0) is 25.6 Å². The number of esters is 1. The molecule has 0 aliphatic rings. The van der Waals surface area contributed by atoms with Gasteiger partial charge in [0.25, 0.3) is 11.8 Å². The molecule has 0 atom stereocenters. The molecule has 2 aromatic heterocycles. The number of nitrogens with two attached hydrogens (primary N) is 1. The van der Waals surface area contributed by atoms with Gasteiger partial charge in [0.05, 0.1) is 12.2 Å². The van der Waals surface area contributed by atoms with Crippen LogP contribution in [0.2, 0.25) is 0 Å². The SMILES string of the molecule is COCCn1c(C)cc(C=C(C#N)C(=O)OCC(=O)Nc2sccc2C(N)=O)c1C. The van der Waals surface area contributed by atoms with E-state index in [0.29, 0.717) is 18.7 Å². The maximum Gasteiger partial charge on any atom is 0.349 e. The van der Waals surface area contributed by atoms with Gasteiger partial charge in [-0.1, -0.05) is 0 Å². The summed E-state index contributed by atoms with van der Waals surface area (Å²) < 4.78 is 12.0. The summed E-state index contributed by atoms with van der Waals surface area (Å²) in [7, 11) is 1.61. The number of nitriles is 1. The topological polar surface area (TPSA) is 136 Å². The second-order valence-corrected chi connectivity index (χ2v) is 7.21. The average Bonchev–Trinajstić information content (AvgIpc) is 3.27. The predicted octanol–water partition coefficient (Wildman–Crippen LogP) is 2.00. The largest absolute Gasteiger partial charge is 0.451 e. The normalized spacial score (nSPS) is 11.1. The number of rotatable bonds is 9. The van der Waals surface area contributed by atoms with E-state index in [0.717, 1.165) is 22.7 Å². The maximum atomic E-state index is 12.2. The Bertz CT molecular complexity index is 1030. The minimum Gasteiger partial charge on any atom is -0.451 e. The highest BCUT2D eigenvalue weighted by molar-refractivity contribution is 7.14. The number of aryl methyl sites for hydroxylation is 1. The molecule has 0 radical (unpaired) electrons. The van der Waals surface area contributed by atoms with Crippen molar-refractivity contribution in [3.05, 3.63) is 45.6 Å². The molecule has 2 rings (SSSR count). The molecule has 0 fully saturated rings. The summed E-state index contributed by atoms with van der Waals surface area (Å²) in [5, 5.41) is 13.7. The van der Waals surface area contributed by atoms with Crippen molar-refractivity contribution in [2.45, 2.75) is 20.4 Å². The molecule has 0 bridgehead atoms. The summed E-state index contributed by atoms with van der Waals surface area (Å²) >= 11 is 1.12. The predicted molar refractivity (Wildman–Crippen MR) is 112 cm³/mol. The first-order chi connectivity index (χ1) is 14.3. The molecule has 0 aromatic carbocycles.